The second-order valence-electron chi connectivity index (χ2n) is 4.63. The minimum absolute atomic E-state index is 0.115. The number of benzene rings is 1. The van der Waals surface area contributed by atoms with E-state index < -0.39 is 0 Å². The van der Waals surface area contributed by atoms with Crippen LogP contribution in [0.5, 0.6) is 0 Å². The first kappa shape index (κ1) is 13.6. The van der Waals surface area contributed by atoms with Gasteiger partial charge in [-0.15, -0.1) is 0 Å². The number of carbonyl (C=O) groups excluding carboxylic acids is 1. The van der Waals surface area contributed by atoms with E-state index >= 15 is 0 Å². The highest BCUT2D eigenvalue weighted by Crippen LogP contribution is 2.18. The van der Waals surface area contributed by atoms with E-state index in [2.05, 4.69) is 15.9 Å². The first-order chi connectivity index (χ1) is 8.65. The minimum Gasteiger partial charge on any atom is -0.377 e. The summed E-state index contributed by atoms with van der Waals surface area (Å²) in [6.07, 6.45) is 0. The number of morpholine rings is 1. The van der Waals surface area contributed by atoms with Crippen LogP contribution in [-0.2, 0) is 4.74 Å². The average Bonchev–Trinajstić information content (AvgIpc) is 2.41. The Morgan fingerprint density at radius 3 is 3.00 bits per heavy atom. The summed E-state index contributed by atoms with van der Waals surface area (Å²) in [6, 6.07) is 6.02. The third kappa shape index (κ3) is 2.59. The van der Waals surface area contributed by atoms with Crippen molar-refractivity contribution in [2.24, 2.45) is 0 Å². The van der Waals surface area contributed by atoms with Gasteiger partial charge in [-0.2, -0.15) is 0 Å². The maximum atomic E-state index is 12.6. The third-order valence-electron chi connectivity index (χ3n) is 3.50. The van der Waals surface area contributed by atoms with E-state index in [0.29, 0.717) is 19.8 Å². The van der Waals surface area contributed by atoms with Gasteiger partial charge in [0.2, 0.25) is 0 Å². The van der Waals surface area contributed by atoms with Crippen LogP contribution in [0.4, 0.5) is 0 Å². The quantitative estimate of drug-likeness (QED) is 0.786. The Bertz CT molecular complexity index is 447. The maximum absolute atomic E-state index is 12.6. The van der Waals surface area contributed by atoms with Crippen molar-refractivity contribution in [2.45, 2.75) is 19.9 Å². The highest BCUT2D eigenvalue weighted by molar-refractivity contribution is 9.09. The molecule has 1 atom stereocenters. The average molecular weight is 312 g/mol. The zero-order valence-electron chi connectivity index (χ0n) is 10.8. The van der Waals surface area contributed by atoms with Crippen LogP contribution in [0.25, 0.3) is 0 Å². The second-order valence-corrected chi connectivity index (χ2v) is 5.28. The summed E-state index contributed by atoms with van der Waals surface area (Å²) in [5.74, 6) is 0.115. The number of nitrogens with zero attached hydrogens (tertiary/aromatic N) is 1. The second kappa shape index (κ2) is 5.85. The molecule has 1 aliphatic heterocycles. The molecule has 1 aromatic carbocycles. The Hall–Kier alpha value is -0.870. The molecule has 4 heteroatoms. The van der Waals surface area contributed by atoms with Crippen LogP contribution in [0.3, 0.4) is 0 Å². The Morgan fingerprint density at radius 2 is 2.28 bits per heavy atom. The van der Waals surface area contributed by atoms with Gasteiger partial charge in [0.15, 0.2) is 0 Å². The molecule has 1 heterocycles. The molecule has 0 aromatic heterocycles. The van der Waals surface area contributed by atoms with Crippen LogP contribution in [0.1, 0.15) is 21.5 Å². The molecular weight excluding hydrogens is 294 g/mol. The number of aryl methyl sites for hydroxylation is 1. The number of halogens is 1. The van der Waals surface area contributed by atoms with Crippen molar-refractivity contribution in [2.75, 3.05) is 25.1 Å². The Morgan fingerprint density at radius 1 is 1.50 bits per heavy atom. The van der Waals surface area contributed by atoms with E-state index in [4.69, 9.17) is 4.74 Å². The molecule has 98 valence electrons. The molecule has 0 saturated carbocycles. The van der Waals surface area contributed by atoms with Gasteiger partial charge in [0.25, 0.3) is 5.91 Å². The van der Waals surface area contributed by atoms with Crippen LogP contribution in [0, 0.1) is 13.8 Å². The topological polar surface area (TPSA) is 29.5 Å². The molecule has 0 aliphatic carbocycles. The van der Waals surface area contributed by atoms with E-state index in [1.165, 1.54) is 0 Å². The van der Waals surface area contributed by atoms with Gasteiger partial charge in [0, 0.05) is 17.4 Å². The summed E-state index contributed by atoms with van der Waals surface area (Å²) in [5, 5.41) is 0.754. The Labute approximate surface area is 116 Å². The SMILES string of the molecule is Cc1cccc(C(=O)N2CCOCC2CBr)c1C. The molecule has 0 spiro atoms. The van der Waals surface area contributed by atoms with Crippen LogP contribution < -0.4 is 0 Å². The molecule has 18 heavy (non-hydrogen) atoms. The van der Waals surface area contributed by atoms with Gasteiger partial charge in [0.1, 0.15) is 0 Å². The number of rotatable bonds is 2. The summed E-state index contributed by atoms with van der Waals surface area (Å²) in [4.78, 5) is 14.5. The minimum atomic E-state index is 0.115. The smallest absolute Gasteiger partial charge is 0.254 e. The molecule has 1 aliphatic rings. The molecule has 1 fully saturated rings. The van der Waals surface area contributed by atoms with Crippen molar-refractivity contribution < 1.29 is 9.53 Å². The Kier molecular flexibility index (Phi) is 4.40. The highest BCUT2D eigenvalue weighted by atomic mass is 79.9. The lowest BCUT2D eigenvalue weighted by Gasteiger charge is -2.35. The van der Waals surface area contributed by atoms with Gasteiger partial charge in [-0.05, 0) is 31.0 Å². The molecule has 0 bridgehead atoms. The molecule has 1 unspecified atom stereocenters. The van der Waals surface area contributed by atoms with Gasteiger partial charge < -0.3 is 9.64 Å². The molecule has 0 N–H and O–H groups in total. The van der Waals surface area contributed by atoms with Gasteiger partial charge in [-0.25, -0.2) is 0 Å². The number of amides is 1. The van der Waals surface area contributed by atoms with E-state index in [1.807, 2.05) is 36.9 Å². The lowest BCUT2D eigenvalue weighted by Crippen LogP contribution is -2.49. The monoisotopic (exact) mass is 311 g/mol. The van der Waals surface area contributed by atoms with E-state index in [-0.39, 0.29) is 11.9 Å². The maximum Gasteiger partial charge on any atom is 0.254 e. The number of hydrogen-bond donors (Lipinski definition) is 0. The molecule has 1 amide bonds. The van der Waals surface area contributed by atoms with Crippen molar-refractivity contribution in [3.05, 3.63) is 34.9 Å². The fourth-order valence-corrected chi connectivity index (χ4v) is 2.72. The molecule has 0 radical (unpaired) electrons. The van der Waals surface area contributed by atoms with E-state index in [9.17, 15) is 4.79 Å². The third-order valence-corrected chi connectivity index (χ3v) is 4.25. The van der Waals surface area contributed by atoms with Gasteiger partial charge >= 0.3 is 0 Å². The zero-order chi connectivity index (χ0) is 13.1. The van der Waals surface area contributed by atoms with Crippen LogP contribution in [0.15, 0.2) is 18.2 Å². The number of alkyl halides is 1. The highest BCUT2D eigenvalue weighted by Gasteiger charge is 2.28. The summed E-state index contributed by atoms with van der Waals surface area (Å²) in [7, 11) is 0. The Balaban J connectivity index is 2.27. The van der Waals surface area contributed by atoms with Gasteiger partial charge in [-0.3, -0.25) is 4.79 Å². The van der Waals surface area contributed by atoms with Crippen molar-refractivity contribution in [3.8, 4) is 0 Å². The molecule has 3 nitrogen and oxygen atoms in total. The first-order valence-corrected chi connectivity index (χ1v) is 7.28. The summed E-state index contributed by atoms with van der Waals surface area (Å²) >= 11 is 3.45. The number of hydrogen-bond acceptors (Lipinski definition) is 2. The molecule has 1 saturated heterocycles. The van der Waals surface area contributed by atoms with Crippen LogP contribution in [-0.4, -0.2) is 41.9 Å². The normalized spacial score (nSPS) is 19.9. The predicted molar refractivity (Wildman–Crippen MR) is 75.4 cm³/mol. The first-order valence-electron chi connectivity index (χ1n) is 6.16. The fourth-order valence-electron chi connectivity index (χ4n) is 2.19. The number of carbonyl (C=O) groups is 1. The van der Waals surface area contributed by atoms with Crippen molar-refractivity contribution >= 4 is 21.8 Å². The van der Waals surface area contributed by atoms with E-state index in [1.54, 1.807) is 0 Å². The van der Waals surface area contributed by atoms with Crippen LogP contribution >= 0.6 is 15.9 Å². The lowest BCUT2D eigenvalue weighted by atomic mass is 10.0. The zero-order valence-corrected chi connectivity index (χ0v) is 12.4. The van der Waals surface area contributed by atoms with Crippen molar-refractivity contribution in [3.63, 3.8) is 0 Å². The lowest BCUT2D eigenvalue weighted by molar-refractivity contribution is 0.00520. The molecule has 1 aromatic rings. The predicted octanol–water partition coefficient (Wildman–Crippen LogP) is 2.54. The standard InChI is InChI=1S/C14H18BrNO2/c1-10-4-3-5-13(11(10)2)14(17)16-6-7-18-9-12(16)8-15/h3-5,12H,6-9H2,1-2H3. The van der Waals surface area contributed by atoms with Gasteiger partial charge in [0.05, 0.1) is 19.3 Å². The fraction of sp³-hybridized carbons (Fsp3) is 0.500. The van der Waals surface area contributed by atoms with Crippen molar-refractivity contribution in [1.29, 1.82) is 0 Å². The molecular formula is C14H18BrNO2. The number of ether oxygens (including phenoxy) is 1. The summed E-state index contributed by atoms with van der Waals surface area (Å²) in [5.41, 5.74) is 3.04. The largest absolute Gasteiger partial charge is 0.377 e. The molecule has 2 rings (SSSR count). The van der Waals surface area contributed by atoms with Gasteiger partial charge in [-0.1, -0.05) is 28.1 Å². The summed E-state index contributed by atoms with van der Waals surface area (Å²) < 4.78 is 5.42. The summed E-state index contributed by atoms with van der Waals surface area (Å²) in [6.45, 7) is 5.95. The van der Waals surface area contributed by atoms with E-state index in [0.717, 1.165) is 22.0 Å². The van der Waals surface area contributed by atoms with Crippen LogP contribution in [0.2, 0.25) is 0 Å². The van der Waals surface area contributed by atoms with Crippen molar-refractivity contribution in [1.82, 2.24) is 4.90 Å².